The molecule has 0 saturated carbocycles. The van der Waals surface area contributed by atoms with Crippen LogP contribution in [0.3, 0.4) is 0 Å². The molecule has 1 aromatic rings. The van der Waals surface area contributed by atoms with Crippen LogP contribution in [0.4, 0.5) is 0 Å². The van der Waals surface area contributed by atoms with Gasteiger partial charge in [-0.3, -0.25) is 4.90 Å². The van der Waals surface area contributed by atoms with Crippen molar-refractivity contribution in [2.75, 3.05) is 14.2 Å². The summed E-state index contributed by atoms with van der Waals surface area (Å²) in [5.41, 5.74) is 1.90. The van der Waals surface area contributed by atoms with Crippen LogP contribution in [0.15, 0.2) is 24.3 Å². The van der Waals surface area contributed by atoms with E-state index in [0.717, 1.165) is 23.7 Å². The van der Waals surface area contributed by atoms with Gasteiger partial charge in [0.15, 0.2) is 0 Å². The van der Waals surface area contributed by atoms with Gasteiger partial charge in [-0.1, -0.05) is 6.07 Å². The summed E-state index contributed by atoms with van der Waals surface area (Å²) in [6.07, 6.45) is 2.67. The lowest BCUT2D eigenvalue weighted by molar-refractivity contribution is -0.131. The Morgan fingerprint density at radius 2 is 2.16 bits per heavy atom. The Bertz CT molecular complexity index is 466. The zero-order chi connectivity index (χ0) is 14.4. The van der Waals surface area contributed by atoms with Crippen LogP contribution in [0.25, 0.3) is 6.08 Å². The standard InChI is InChI=1S/C15H21NO3/c1-11(2)16(3)10-12-5-7-14(19-4)13(9-12)6-8-15(17)18/h5-9,11H,10H2,1-4H3,(H,17,18). The molecular formula is C15H21NO3. The fourth-order valence-electron chi connectivity index (χ4n) is 1.64. The van der Waals surface area contributed by atoms with Crippen molar-refractivity contribution in [2.45, 2.75) is 26.4 Å². The molecule has 4 heteroatoms. The summed E-state index contributed by atoms with van der Waals surface area (Å²) < 4.78 is 5.23. The summed E-state index contributed by atoms with van der Waals surface area (Å²) in [6.45, 7) is 5.08. The van der Waals surface area contributed by atoms with Crippen molar-refractivity contribution in [3.05, 3.63) is 35.4 Å². The molecule has 0 radical (unpaired) electrons. The van der Waals surface area contributed by atoms with E-state index >= 15 is 0 Å². The Morgan fingerprint density at radius 1 is 1.47 bits per heavy atom. The average molecular weight is 263 g/mol. The molecule has 0 heterocycles. The second-order valence-electron chi connectivity index (χ2n) is 4.76. The fourth-order valence-corrected chi connectivity index (χ4v) is 1.64. The van der Waals surface area contributed by atoms with E-state index in [4.69, 9.17) is 9.84 Å². The number of hydrogen-bond donors (Lipinski definition) is 1. The van der Waals surface area contributed by atoms with Crippen LogP contribution in [0.2, 0.25) is 0 Å². The third-order valence-electron chi connectivity index (χ3n) is 3.01. The quantitative estimate of drug-likeness (QED) is 0.802. The summed E-state index contributed by atoms with van der Waals surface area (Å²) in [4.78, 5) is 12.8. The molecule has 0 aliphatic heterocycles. The van der Waals surface area contributed by atoms with Gasteiger partial charge in [0.25, 0.3) is 0 Å². The van der Waals surface area contributed by atoms with Crippen LogP contribution < -0.4 is 4.74 Å². The molecule has 0 bridgehead atoms. The normalized spacial score (nSPS) is 11.5. The molecule has 0 amide bonds. The highest BCUT2D eigenvalue weighted by Crippen LogP contribution is 2.22. The van der Waals surface area contributed by atoms with Crippen LogP contribution in [0, 0.1) is 0 Å². The Morgan fingerprint density at radius 3 is 2.68 bits per heavy atom. The van der Waals surface area contributed by atoms with E-state index in [1.54, 1.807) is 13.2 Å². The van der Waals surface area contributed by atoms with Crippen molar-refractivity contribution in [3.63, 3.8) is 0 Å². The van der Waals surface area contributed by atoms with Crippen molar-refractivity contribution in [1.29, 1.82) is 0 Å². The molecule has 1 aromatic carbocycles. The minimum Gasteiger partial charge on any atom is -0.496 e. The predicted octanol–water partition coefficient (Wildman–Crippen LogP) is 2.63. The molecule has 0 unspecified atom stereocenters. The summed E-state index contributed by atoms with van der Waals surface area (Å²) in [5.74, 6) is -0.291. The monoisotopic (exact) mass is 263 g/mol. The van der Waals surface area contributed by atoms with Gasteiger partial charge in [-0.15, -0.1) is 0 Å². The van der Waals surface area contributed by atoms with Gasteiger partial charge < -0.3 is 9.84 Å². The molecule has 0 atom stereocenters. The number of nitrogens with zero attached hydrogens (tertiary/aromatic N) is 1. The highest BCUT2D eigenvalue weighted by atomic mass is 16.5. The van der Waals surface area contributed by atoms with E-state index in [1.165, 1.54) is 0 Å². The number of carbonyl (C=O) groups is 1. The number of hydrogen-bond acceptors (Lipinski definition) is 3. The average Bonchev–Trinajstić information content (AvgIpc) is 2.36. The molecule has 0 aliphatic rings. The SMILES string of the molecule is COc1ccc(CN(C)C(C)C)cc1C=CC(=O)O. The molecule has 1 N–H and O–H groups in total. The van der Waals surface area contributed by atoms with Crippen molar-refractivity contribution in [1.82, 2.24) is 4.90 Å². The third kappa shape index (κ3) is 4.75. The van der Waals surface area contributed by atoms with Gasteiger partial charge in [0.1, 0.15) is 5.75 Å². The van der Waals surface area contributed by atoms with Crippen LogP contribution >= 0.6 is 0 Å². The number of carboxylic acids is 1. The van der Waals surface area contributed by atoms with E-state index in [1.807, 2.05) is 18.2 Å². The number of ether oxygens (including phenoxy) is 1. The first-order chi connectivity index (χ1) is 8.93. The maximum Gasteiger partial charge on any atom is 0.328 e. The Kier molecular flexibility index (Phi) is 5.57. The summed E-state index contributed by atoms with van der Waals surface area (Å²) in [5, 5.41) is 8.69. The number of methoxy groups -OCH3 is 1. The molecule has 19 heavy (non-hydrogen) atoms. The summed E-state index contributed by atoms with van der Waals surface area (Å²) in [7, 11) is 3.63. The lowest BCUT2D eigenvalue weighted by Crippen LogP contribution is -2.25. The maximum atomic E-state index is 10.6. The molecule has 0 spiro atoms. The van der Waals surface area contributed by atoms with Gasteiger partial charge in [0.05, 0.1) is 7.11 Å². The van der Waals surface area contributed by atoms with Crippen molar-refractivity contribution in [2.24, 2.45) is 0 Å². The third-order valence-corrected chi connectivity index (χ3v) is 3.01. The molecular weight excluding hydrogens is 242 g/mol. The first kappa shape index (κ1) is 15.2. The van der Waals surface area contributed by atoms with E-state index in [0.29, 0.717) is 11.8 Å². The molecule has 0 aliphatic carbocycles. The van der Waals surface area contributed by atoms with Crippen molar-refractivity contribution >= 4 is 12.0 Å². The number of carboxylic acid groups (broad SMARTS) is 1. The van der Waals surface area contributed by atoms with Gasteiger partial charge in [-0.05, 0) is 44.7 Å². The largest absolute Gasteiger partial charge is 0.496 e. The van der Waals surface area contributed by atoms with Gasteiger partial charge in [-0.25, -0.2) is 4.79 Å². The Balaban J connectivity index is 2.97. The Labute approximate surface area is 114 Å². The molecule has 0 fully saturated rings. The number of rotatable bonds is 6. The van der Waals surface area contributed by atoms with E-state index in [2.05, 4.69) is 25.8 Å². The van der Waals surface area contributed by atoms with Gasteiger partial charge in [-0.2, -0.15) is 0 Å². The molecule has 1 rings (SSSR count). The predicted molar refractivity (Wildman–Crippen MR) is 76.3 cm³/mol. The second kappa shape index (κ2) is 6.95. The zero-order valence-corrected chi connectivity index (χ0v) is 11.9. The fraction of sp³-hybridized carbons (Fsp3) is 0.400. The first-order valence-electron chi connectivity index (χ1n) is 6.22. The van der Waals surface area contributed by atoms with Gasteiger partial charge in [0, 0.05) is 24.2 Å². The van der Waals surface area contributed by atoms with Crippen LogP contribution in [-0.4, -0.2) is 36.2 Å². The minimum absolute atomic E-state index is 0.458. The summed E-state index contributed by atoms with van der Waals surface area (Å²) in [6, 6.07) is 6.28. The molecule has 0 aromatic heterocycles. The van der Waals surface area contributed by atoms with Crippen LogP contribution in [0.5, 0.6) is 5.75 Å². The van der Waals surface area contributed by atoms with Crippen LogP contribution in [0.1, 0.15) is 25.0 Å². The van der Waals surface area contributed by atoms with Gasteiger partial charge >= 0.3 is 5.97 Å². The highest BCUT2D eigenvalue weighted by Gasteiger charge is 2.07. The minimum atomic E-state index is -0.966. The van der Waals surface area contributed by atoms with Crippen molar-refractivity contribution < 1.29 is 14.6 Å². The smallest absolute Gasteiger partial charge is 0.328 e. The number of benzene rings is 1. The van der Waals surface area contributed by atoms with Crippen LogP contribution in [-0.2, 0) is 11.3 Å². The molecule has 4 nitrogen and oxygen atoms in total. The topological polar surface area (TPSA) is 49.8 Å². The second-order valence-corrected chi connectivity index (χ2v) is 4.76. The lowest BCUT2D eigenvalue weighted by atomic mass is 10.1. The van der Waals surface area contributed by atoms with E-state index in [-0.39, 0.29) is 0 Å². The maximum absolute atomic E-state index is 10.6. The van der Waals surface area contributed by atoms with Crippen molar-refractivity contribution in [3.8, 4) is 5.75 Å². The first-order valence-corrected chi connectivity index (χ1v) is 6.22. The molecule has 0 saturated heterocycles. The summed E-state index contributed by atoms with van der Waals surface area (Å²) >= 11 is 0. The zero-order valence-electron chi connectivity index (χ0n) is 11.9. The number of aliphatic carboxylic acids is 1. The van der Waals surface area contributed by atoms with E-state index < -0.39 is 5.97 Å². The lowest BCUT2D eigenvalue weighted by Gasteiger charge is -2.21. The van der Waals surface area contributed by atoms with Gasteiger partial charge in [0.2, 0.25) is 0 Å². The highest BCUT2D eigenvalue weighted by molar-refractivity contribution is 5.85. The van der Waals surface area contributed by atoms with E-state index in [9.17, 15) is 4.79 Å². The Hall–Kier alpha value is -1.81. The molecule has 104 valence electrons.